The number of carbonyl (C=O) groups is 1. The molecule has 0 heterocycles. The van der Waals surface area contributed by atoms with Crippen molar-refractivity contribution in [1.29, 1.82) is 0 Å². The fraction of sp³-hybridized carbons (Fsp3) is 0.571. The van der Waals surface area contributed by atoms with E-state index < -0.39 is 5.97 Å². The SMILES string of the molecule is C=C(C)C(=O)[O-].CO.CO.CO.[Ti]. The monoisotopic (exact) mass is 229 g/mol. The summed E-state index contributed by atoms with van der Waals surface area (Å²) < 4.78 is 0. The van der Waals surface area contributed by atoms with Crippen LogP contribution in [0.15, 0.2) is 12.2 Å². The normalized spacial score (nSPS) is 4.85. The molecule has 0 aromatic heterocycles. The van der Waals surface area contributed by atoms with Crippen LogP contribution in [0, 0.1) is 0 Å². The van der Waals surface area contributed by atoms with E-state index in [1.54, 1.807) is 0 Å². The van der Waals surface area contributed by atoms with Crippen molar-refractivity contribution in [2.45, 2.75) is 6.92 Å². The van der Waals surface area contributed by atoms with Crippen molar-refractivity contribution >= 4 is 5.97 Å². The molecule has 0 aromatic rings. The largest absolute Gasteiger partial charge is 0.545 e. The second-order valence-electron chi connectivity index (χ2n) is 1.07. The van der Waals surface area contributed by atoms with E-state index in [2.05, 4.69) is 6.58 Å². The molecular weight excluding hydrogens is 212 g/mol. The molecule has 0 aliphatic carbocycles. The summed E-state index contributed by atoms with van der Waals surface area (Å²) in [6, 6.07) is 0. The fourth-order valence-electron chi connectivity index (χ4n) is 0. The average Bonchev–Trinajstić information content (AvgIpc) is 2.14. The first-order valence-corrected chi connectivity index (χ1v) is 2.85. The number of carboxylic acids is 1. The van der Waals surface area contributed by atoms with Gasteiger partial charge in [0.15, 0.2) is 0 Å². The van der Waals surface area contributed by atoms with Gasteiger partial charge in [-0.15, -0.1) is 0 Å². The van der Waals surface area contributed by atoms with Gasteiger partial charge in [-0.25, -0.2) is 0 Å². The molecule has 0 rings (SSSR count). The minimum atomic E-state index is -1.19. The van der Waals surface area contributed by atoms with Crippen LogP contribution < -0.4 is 5.11 Å². The van der Waals surface area contributed by atoms with Gasteiger partial charge in [0, 0.05) is 43.0 Å². The standard InChI is InChI=1S/C4H6O2.3CH4O.Ti/c1-3(2)4(5)6;3*1-2;/h1H2,2H3,(H,5,6);3*2H,1H3;/p-1. The Bertz CT molecular complexity index is 82.9. The third-order valence-electron chi connectivity index (χ3n) is 0.348. The van der Waals surface area contributed by atoms with Crippen molar-refractivity contribution in [2.24, 2.45) is 0 Å². The minimum absolute atomic E-state index is 0. The molecule has 13 heavy (non-hydrogen) atoms. The summed E-state index contributed by atoms with van der Waals surface area (Å²) in [6.07, 6.45) is 0. The Hall–Kier alpha value is -0.196. The Labute approximate surface area is 93.6 Å². The van der Waals surface area contributed by atoms with E-state index >= 15 is 0 Å². The smallest absolute Gasteiger partial charge is 0.0666 e. The van der Waals surface area contributed by atoms with E-state index in [9.17, 15) is 9.90 Å². The van der Waals surface area contributed by atoms with Crippen LogP contribution in [-0.2, 0) is 26.5 Å². The van der Waals surface area contributed by atoms with E-state index in [0.717, 1.165) is 21.3 Å². The molecule has 0 bridgehead atoms. The van der Waals surface area contributed by atoms with Crippen LogP contribution >= 0.6 is 0 Å². The molecule has 0 saturated carbocycles. The van der Waals surface area contributed by atoms with Crippen LogP contribution in [0.5, 0.6) is 0 Å². The summed E-state index contributed by atoms with van der Waals surface area (Å²) in [5.41, 5.74) is 0.0648. The molecule has 0 spiro atoms. The van der Waals surface area contributed by atoms with Crippen LogP contribution in [0.1, 0.15) is 6.92 Å². The van der Waals surface area contributed by atoms with Crippen molar-refractivity contribution < 1.29 is 46.9 Å². The molecule has 3 N–H and O–H groups in total. The van der Waals surface area contributed by atoms with Crippen LogP contribution in [-0.4, -0.2) is 42.6 Å². The maximum absolute atomic E-state index is 9.49. The number of hydrogen-bond acceptors (Lipinski definition) is 5. The van der Waals surface area contributed by atoms with Gasteiger partial charge in [-0.1, -0.05) is 6.58 Å². The Kier molecular flexibility index (Phi) is 92.2. The van der Waals surface area contributed by atoms with E-state index in [0.29, 0.717) is 0 Å². The van der Waals surface area contributed by atoms with Gasteiger partial charge >= 0.3 is 0 Å². The summed E-state index contributed by atoms with van der Waals surface area (Å²) in [5, 5.41) is 30.5. The van der Waals surface area contributed by atoms with Gasteiger partial charge in [0.2, 0.25) is 0 Å². The Morgan fingerprint density at radius 2 is 1.15 bits per heavy atom. The third kappa shape index (κ3) is 78.4. The third-order valence-corrected chi connectivity index (χ3v) is 0.348. The van der Waals surface area contributed by atoms with Gasteiger partial charge < -0.3 is 25.2 Å². The first-order chi connectivity index (χ1) is 5.64. The van der Waals surface area contributed by atoms with Crippen molar-refractivity contribution in [1.82, 2.24) is 0 Å². The van der Waals surface area contributed by atoms with Crippen LogP contribution in [0.3, 0.4) is 0 Å². The number of rotatable bonds is 1. The number of carboxylic acid groups (broad SMARTS) is 1. The predicted octanol–water partition coefficient (Wildman–Crippen LogP) is -1.86. The Morgan fingerprint density at radius 3 is 1.15 bits per heavy atom. The molecule has 5 nitrogen and oxygen atoms in total. The van der Waals surface area contributed by atoms with Crippen molar-refractivity contribution in [3.63, 3.8) is 0 Å². The summed E-state index contributed by atoms with van der Waals surface area (Å²) in [5.74, 6) is -1.19. The van der Waals surface area contributed by atoms with Crippen LogP contribution in [0.2, 0.25) is 0 Å². The number of carbonyl (C=O) groups excluding carboxylic acids is 1. The Balaban J connectivity index is -0.0000000263. The molecule has 0 aliphatic heterocycles. The molecule has 0 amide bonds. The zero-order chi connectivity index (χ0) is 11.2. The van der Waals surface area contributed by atoms with E-state index in [-0.39, 0.29) is 27.3 Å². The first kappa shape index (κ1) is 29.3. The minimum Gasteiger partial charge on any atom is -0.545 e. The van der Waals surface area contributed by atoms with E-state index in [1.165, 1.54) is 6.92 Å². The second kappa shape index (κ2) is 40.9. The topological polar surface area (TPSA) is 101 Å². The summed E-state index contributed by atoms with van der Waals surface area (Å²) in [4.78, 5) is 9.49. The average molecular weight is 229 g/mol. The summed E-state index contributed by atoms with van der Waals surface area (Å²) in [7, 11) is 3.00. The molecule has 80 valence electrons. The van der Waals surface area contributed by atoms with Crippen LogP contribution in [0.25, 0.3) is 0 Å². The molecular formula is C7H17O5Ti-. The first-order valence-electron chi connectivity index (χ1n) is 2.85. The summed E-state index contributed by atoms with van der Waals surface area (Å²) >= 11 is 0. The zero-order valence-corrected chi connectivity index (χ0v) is 9.93. The van der Waals surface area contributed by atoms with E-state index in [1.807, 2.05) is 0 Å². The molecule has 0 fully saturated rings. The second-order valence-corrected chi connectivity index (χ2v) is 1.07. The number of aliphatic hydroxyl groups excluding tert-OH is 3. The van der Waals surface area contributed by atoms with Crippen molar-refractivity contribution in [3.8, 4) is 0 Å². The van der Waals surface area contributed by atoms with Crippen LogP contribution in [0.4, 0.5) is 0 Å². The fourth-order valence-corrected chi connectivity index (χ4v) is 0. The maximum Gasteiger partial charge on any atom is 0.0666 e. The van der Waals surface area contributed by atoms with Crippen molar-refractivity contribution in [2.75, 3.05) is 21.3 Å². The van der Waals surface area contributed by atoms with Gasteiger partial charge in [-0.2, -0.15) is 0 Å². The Morgan fingerprint density at radius 1 is 1.08 bits per heavy atom. The molecule has 0 unspecified atom stereocenters. The maximum atomic E-state index is 9.49. The molecule has 6 heteroatoms. The molecule has 0 aliphatic rings. The van der Waals surface area contributed by atoms with Gasteiger partial charge in [0.1, 0.15) is 0 Å². The quantitative estimate of drug-likeness (QED) is 0.361. The molecule has 0 saturated heterocycles. The number of hydrogen-bond donors (Lipinski definition) is 3. The van der Waals surface area contributed by atoms with Gasteiger partial charge in [-0.05, 0) is 12.5 Å². The van der Waals surface area contributed by atoms with Gasteiger partial charge in [-0.3, -0.25) is 0 Å². The zero-order valence-electron chi connectivity index (χ0n) is 8.37. The number of aliphatic hydroxyl groups is 3. The molecule has 0 atom stereocenters. The molecule has 0 aromatic carbocycles. The molecule has 0 radical (unpaired) electrons. The van der Waals surface area contributed by atoms with Gasteiger partial charge in [0.25, 0.3) is 0 Å². The van der Waals surface area contributed by atoms with Crippen molar-refractivity contribution in [3.05, 3.63) is 12.2 Å². The predicted molar refractivity (Wildman–Crippen MR) is 44.2 cm³/mol. The summed E-state index contributed by atoms with van der Waals surface area (Å²) in [6.45, 7) is 4.48. The van der Waals surface area contributed by atoms with Gasteiger partial charge in [0.05, 0.1) is 5.97 Å². The van der Waals surface area contributed by atoms with E-state index in [4.69, 9.17) is 15.3 Å². The number of aliphatic carboxylic acids is 1.